The summed E-state index contributed by atoms with van der Waals surface area (Å²) in [6.07, 6.45) is 1.07. The fraction of sp³-hybridized carbons (Fsp3) is 0.400. The molecule has 20 heavy (non-hydrogen) atoms. The van der Waals surface area contributed by atoms with E-state index < -0.39 is 6.10 Å². The Morgan fingerprint density at radius 2 is 2.20 bits per heavy atom. The van der Waals surface area contributed by atoms with E-state index in [1.54, 1.807) is 12.1 Å². The number of hydrogen-bond donors (Lipinski definition) is 1. The van der Waals surface area contributed by atoms with Crippen LogP contribution in [0.15, 0.2) is 22.7 Å². The van der Waals surface area contributed by atoms with Gasteiger partial charge in [-0.3, -0.25) is 0 Å². The van der Waals surface area contributed by atoms with Crippen molar-refractivity contribution in [3.05, 3.63) is 39.1 Å². The zero-order valence-corrected chi connectivity index (χ0v) is 13.7. The number of thiazole rings is 1. The second-order valence-corrected chi connectivity index (χ2v) is 7.96. The van der Waals surface area contributed by atoms with Gasteiger partial charge in [-0.15, -0.1) is 11.3 Å². The Bertz CT molecular complexity index is 668. The van der Waals surface area contributed by atoms with Crippen molar-refractivity contribution in [1.82, 2.24) is 4.98 Å². The number of hydrogen-bond acceptors (Lipinski definition) is 3. The molecule has 3 rings (SSSR count). The Balaban J connectivity index is 2.06. The summed E-state index contributed by atoms with van der Waals surface area (Å²) >= 11 is 4.65. The summed E-state index contributed by atoms with van der Waals surface area (Å²) < 4.78 is 14.7. The van der Waals surface area contributed by atoms with Crippen LogP contribution in [-0.4, -0.2) is 10.1 Å². The molecule has 0 bridgehead atoms. The summed E-state index contributed by atoms with van der Waals surface area (Å²) in [4.78, 5) is 5.45. The van der Waals surface area contributed by atoms with Gasteiger partial charge in [-0.2, -0.15) is 0 Å². The molecule has 1 unspecified atom stereocenters. The number of aliphatic hydroxyl groups is 1. The first-order valence-corrected chi connectivity index (χ1v) is 8.10. The van der Waals surface area contributed by atoms with Crippen LogP contribution in [0, 0.1) is 11.2 Å². The van der Waals surface area contributed by atoms with Crippen molar-refractivity contribution in [2.45, 2.75) is 32.8 Å². The number of halogens is 2. The van der Waals surface area contributed by atoms with Crippen molar-refractivity contribution in [2.24, 2.45) is 5.41 Å². The van der Waals surface area contributed by atoms with E-state index in [9.17, 15) is 9.50 Å². The van der Waals surface area contributed by atoms with Gasteiger partial charge < -0.3 is 5.11 Å². The number of benzene rings is 1. The molecule has 1 aliphatic rings. The topological polar surface area (TPSA) is 33.1 Å². The van der Waals surface area contributed by atoms with Gasteiger partial charge in [0.05, 0.1) is 16.7 Å². The van der Waals surface area contributed by atoms with Gasteiger partial charge in [0.1, 0.15) is 10.8 Å². The molecule has 1 aromatic carbocycles. The molecule has 0 amide bonds. The lowest BCUT2D eigenvalue weighted by Gasteiger charge is -2.31. The second kappa shape index (κ2) is 4.90. The maximum Gasteiger partial charge on any atom is 0.134 e. The lowest BCUT2D eigenvalue weighted by molar-refractivity contribution is 0.102. The minimum Gasteiger partial charge on any atom is -0.387 e. The fourth-order valence-electron chi connectivity index (χ4n) is 2.67. The van der Waals surface area contributed by atoms with Crippen LogP contribution in [-0.2, 0) is 6.42 Å². The van der Waals surface area contributed by atoms with Crippen LogP contribution in [0.3, 0.4) is 0 Å². The number of rotatable bonds is 1. The first-order chi connectivity index (χ1) is 9.35. The summed E-state index contributed by atoms with van der Waals surface area (Å²) in [7, 11) is 0. The average Bonchev–Trinajstić information content (AvgIpc) is 2.70. The molecular weight excluding hydrogens is 341 g/mol. The van der Waals surface area contributed by atoms with E-state index in [-0.39, 0.29) is 11.2 Å². The maximum atomic E-state index is 14.0. The second-order valence-electron chi connectivity index (χ2n) is 6.02. The van der Waals surface area contributed by atoms with Gasteiger partial charge in [-0.25, -0.2) is 9.37 Å². The van der Waals surface area contributed by atoms with Crippen LogP contribution < -0.4 is 0 Å². The van der Waals surface area contributed by atoms with Crippen molar-refractivity contribution in [3.63, 3.8) is 0 Å². The van der Waals surface area contributed by atoms with Crippen molar-refractivity contribution < 1.29 is 9.50 Å². The van der Waals surface area contributed by atoms with Gasteiger partial charge in [-0.05, 0) is 36.5 Å². The van der Waals surface area contributed by atoms with Crippen LogP contribution in [0.5, 0.6) is 0 Å². The zero-order chi connectivity index (χ0) is 14.5. The molecule has 5 heteroatoms. The van der Waals surface area contributed by atoms with Crippen LogP contribution in [0.25, 0.3) is 10.6 Å². The van der Waals surface area contributed by atoms with Crippen LogP contribution in [0.4, 0.5) is 4.39 Å². The fourth-order valence-corrected chi connectivity index (χ4v) is 4.10. The minimum absolute atomic E-state index is 0.0377. The molecule has 1 N–H and O–H groups in total. The molecule has 0 spiro atoms. The summed E-state index contributed by atoms with van der Waals surface area (Å²) in [5, 5.41) is 10.9. The average molecular weight is 356 g/mol. The molecule has 0 fully saturated rings. The largest absolute Gasteiger partial charge is 0.387 e. The van der Waals surface area contributed by atoms with E-state index >= 15 is 0 Å². The Labute approximate surface area is 129 Å². The van der Waals surface area contributed by atoms with Gasteiger partial charge in [0.2, 0.25) is 0 Å². The van der Waals surface area contributed by atoms with Crippen LogP contribution >= 0.6 is 27.3 Å². The molecule has 2 nitrogen and oxygen atoms in total. The number of nitrogens with zero attached hydrogens (tertiary/aromatic N) is 1. The van der Waals surface area contributed by atoms with Gasteiger partial charge in [0.15, 0.2) is 0 Å². The molecule has 0 radical (unpaired) electrons. The molecule has 1 aliphatic carbocycles. The zero-order valence-electron chi connectivity index (χ0n) is 11.3. The highest BCUT2D eigenvalue weighted by atomic mass is 79.9. The molecule has 1 heterocycles. The molecule has 0 aliphatic heterocycles. The molecule has 1 atom stereocenters. The highest BCUT2D eigenvalue weighted by Gasteiger charge is 2.34. The normalized spacial score (nSPS) is 20.8. The van der Waals surface area contributed by atoms with E-state index in [0.717, 1.165) is 23.4 Å². The van der Waals surface area contributed by atoms with Gasteiger partial charge >= 0.3 is 0 Å². The van der Waals surface area contributed by atoms with E-state index in [1.165, 1.54) is 17.4 Å². The Kier molecular flexibility index (Phi) is 3.47. The summed E-state index contributed by atoms with van der Waals surface area (Å²) in [5.41, 5.74) is 1.45. The number of fused-ring (bicyclic) bond motifs is 1. The lowest BCUT2D eigenvalue weighted by Crippen LogP contribution is -2.24. The van der Waals surface area contributed by atoms with Crippen LogP contribution in [0.2, 0.25) is 0 Å². The Morgan fingerprint density at radius 1 is 1.45 bits per heavy atom. The van der Waals surface area contributed by atoms with Gasteiger partial charge in [0.25, 0.3) is 0 Å². The standard InChI is InChI=1S/C15H15BrFNOS/c1-15(2)6-11-13(12(19)7-15)20-14(18-11)9-4-3-8(16)5-10(9)17/h3-5,12,19H,6-7H2,1-2H3. The smallest absolute Gasteiger partial charge is 0.134 e. The molecule has 2 aromatic rings. The third-order valence-electron chi connectivity index (χ3n) is 3.58. The Hall–Kier alpha value is -0.780. The minimum atomic E-state index is -0.487. The molecule has 1 aromatic heterocycles. The predicted octanol–water partition coefficient (Wildman–Crippen LogP) is 4.72. The number of aliphatic hydroxyl groups excluding tert-OH is 1. The summed E-state index contributed by atoms with van der Waals surface area (Å²) in [6, 6.07) is 4.97. The summed E-state index contributed by atoms with van der Waals surface area (Å²) in [5.74, 6) is -0.292. The highest BCUT2D eigenvalue weighted by molar-refractivity contribution is 9.10. The highest BCUT2D eigenvalue weighted by Crippen LogP contribution is 2.45. The first-order valence-electron chi connectivity index (χ1n) is 6.49. The van der Waals surface area contributed by atoms with Crippen molar-refractivity contribution in [3.8, 4) is 10.6 Å². The lowest BCUT2D eigenvalue weighted by atomic mass is 9.77. The quantitative estimate of drug-likeness (QED) is 0.802. The monoisotopic (exact) mass is 355 g/mol. The van der Waals surface area contributed by atoms with Crippen LogP contribution in [0.1, 0.15) is 36.9 Å². The summed E-state index contributed by atoms with van der Waals surface area (Å²) in [6.45, 7) is 4.25. The maximum absolute atomic E-state index is 14.0. The molecule has 0 saturated heterocycles. The number of aromatic nitrogens is 1. The van der Waals surface area contributed by atoms with Crippen molar-refractivity contribution in [1.29, 1.82) is 0 Å². The third kappa shape index (κ3) is 2.54. The van der Waals surface area contributed by atoms with E-state index in [0.29, 0.717) is 15.0 Å². The van der Waals surface area contributed by atoms with E-state index in [4.69, 9.17) is 0 Å². The van der Waals surface area contributed by atoms with Gasteiger partial charge in [-0.1, -0.05) is 29.8 Å². The third-order valence-corrected chi connectivity index (χ3v) is 5.31. The Morgan fingerprint density at radius 3 is 2.90 bits per heavy atom. The van der Waals surface area contributed by atoms with Gasteiger partial charge in [0, 0.05) is 10.0 Å². The molecular formula is C15H15BrFNOS. The van der Waals surface area contributed by atoms with E-state index in [1.807, 2.05) is 0 Å². The molecule has 0 saturated carbocycles. The predicted molar refractivity (Wildman–Crippen MR) is 82.3 cm³/mol. The van der Waals surface area contributed by atoms with Crippen molar-refractivity contribution in [2.75, 3.05) is 0 Å². The van der Waals surface area contributed by atoms with E-state index in [2.05, 4.69) is 34.8 Å². The SMILES string of the molecule is CC1(C)Cc2nc(-c3ccc(Br)cc3F)sc2C(O)C1. The van der Waals surface area contributed by atoms with Crippen molar-refractivity contribution >= 4 is 27.3 Å². The first kappa shape index (κ1) is 14.2. The molecule has 106 valence electrons.